The molecule has 10 heteroatoms. The minimum absolute atomic E-state index is 0. The summed E-state index contributed by atoms with van der Waals surface area (Å²) >= 11 is 0. The first-order valence-electron chi connectivity index (χ1n) is 9.26. The maximum atomic E-state index is 12.4. The first-order chi connectivity index (χ1) is 13.3. The van der Waals surface area contributed by atoms with Crippen molar-refractivity contribution in [3.63, 3.8) is 0 Å². The molecule has 0 spiro atoms. The molecular formula is C19H28F3IN4O2. The number of aliphatic imine (C=N–C) groups is 1. The fourth-order valence-electron chi connectivity index (χ4n) is 3.17. The second kappa shape index (κ2) is 12.1. The van der Waals surface area contributed by atoms with Gasteiger partial charge < -0.3 is 20.3 Å². The summed E-state index contributed by atoms with van der Waals surface area (Å²) in [6, 6.07) is 6.64. The van der Waals surface area contributed by atoms with Gasteiger partial charge in [0.2, 0.25) is 5.91 Å². The smallest absolute Gasteiger partial charge is 0.422 e. The van der Waals surface area contributed by atoms with Crippen molar-refractivity contribution in [3.05, 3.63) is 29.8 Å². The minimum Gasteiger partial charge on any atom is -0.484 e. The number of carbonyl (C=O) groups excluding carboxylic acids is 1. The zero-order chi connectivity index (χ0) is 20.6. The van der Waals surface area contributed by atoms with Crippen LogP contribution in [0, 0.1) is 5.92 Å². The Morgan fingerprint density at radius 1 is 1.28 bits per heavy atom. The Hall–Kier alpha value is -1.72. The third-order valence-electron chi connectivity index (χ3n) is 4.68. The van der Waals surface area contributed by atoms with E-state index >= 15 is 0 Å². The molecule has 2 N–H and O–H groups in total. The third-order valence-corrected chi connectivity index (χ3v) is 4.68. The lowest BCUT2D eigenvalue weighted by molar-refractivity contribution is -0.153. The molecule has 2 rings (SSSR count). The Morgan fingerprint density at radius 2 is 1.93 bits per heavy atom. The Morgan fingerprint density at radius 3 is 2.52 bits per heavy atom. The highest BCUT2D eigenvalue weighted by Crippen LogP contribution is 2.23. The summed E-state index contributed by atoms with van der Waals surface area (Å²) < 4.78 is 42.2. The van der Waals surface area contributed by atoms with E-state index in [1.165, 1.54) is 6.07 Å². The van der Waals surface area contributed by atoms with Crippen molar-refractivity contribution in [1.29, 1.82) is 0 Å². The molecule has 1 fully saturated rings. The SMILES string of the molecule is CN=C(NCc1ccccc1OCC(F)(F)F)N1CCC(CC(=O)NC)CC1.I. The van der Waals surface area contributed by atoms with E-state index in [0.29, 0.717) is 30.4 Å². The van der Waals surface area contributed by atoms with Crippen LogP contribution in [0.2, 0.25) is 0 Å². The maximum absolute atomic E-state index is 12.4. The summed E-state index contributed by atoms with van der Waals surface area (Å²) in [7, 11) is 3.31. The Labute approximate surface area is 186 Å². The number of nitrogens with one attached hydrogen (secondary N) is 2. The number of likely N-dealkylation sites (tertiary alicyclic amines) is 1. The van der Waals surface area contributed by atoms with E-state index in [0.717, 1.165) is 25.9 Å². The monoisotopic (exact) mass is 528 g/mol. The molecule has 1 amide bonds. The van der Waals surface area contributed by atoms with Gasteiger partial charge in [0, 0.05) is 45.7 Å². The van der Waals surface area contributed by atoms with Crippen LogP contribution in [0.15, 0.2) is 29.3 Å². The highest BCUT2D eigenvalue weighted by molar-refractivity contribution is 14.0. The zero-order valence-electron chi connectivity index (χ0n) is 16.6. The van der Waals surface area contributed by atoms with E-state index in [1.54, 1.807) is 32.3 Å². The van der Waals surface area contributed by atoms with Crippen molar-refractivity contribution in [2.75, 3.05) is 33.8 Å². The quantitative estimate of drug-likeness (QED) is 0.339. The van der Waals surface area contributed by atoms with Crippen molar-refractivity contribution in [1.82, 2.24) is 15.5 Å². The van der Waals surface area contributed by atoms with Crippen LogP contribution in [-0.2, 0) is 11.3 Å². The molecule has 29 heavy (non-hydrogen) atoms. The zero-order valence-corrected chi connectivity index (χ0v) is 18.9. The van der Waals surface area contributed by atoms with Gasteiger partial charge in [0.15, 0.2) is 12.6 Å². The van der Waals surface area contributed by atoms with Gasteiger partial charge in [0.25, 0.3) is 0 Å². The number of benzene rings is 1. The van der Waals surface area contributed by atoms with Gasteiger partial charge in [-0.2, -0.15) is 13.2 Å². The molecule has 1 saturated heterocycles. The molecule has 1 aliphatic rings. The van der Waals surface area contributed by atoms with Crippen molar-refractivity contribution in [2.24, 2.45) is 10.9 Å². The van der Waals surface area contributed by atoms with Gasteiger partial charge in [-0.1, -0.05) is 18.2 Å². The van der Waals surface area contributed by atoms with Crippen LogP contribution in [0.5, 0.6) is 5.75 Å². The number of rotatable bonds is 6. The van der Waals surface area contributed by atoms with Gasteiger partial charge >= 0.3 is 6.18 Å². The molecule has 0 bridgehead atoms. The molecule has 0 atom stereocenters. The first kappa shape index (κ1) is 25.3. The van der Waals surface area contributed by atoms with Gasteiger partial charge in [-0.15, -0.1) is 24.0 Å². The number of guanidine groups is 1. The van der Waals surface area contributed by atoms with Crippen molar-refractivity contribution < 1.29 is 22.7 Å². The third kappa shape index (κ3) is 8.67. The van der Waals surface area contributed by atoms with E-state index < -0.39 is 12.8 Å². The lowest BCUT2D eigenvalue weighted by atomic mass is 9.93. The highest BCUT2D eigenvalue weighted by Gasteiger charge is 2.29. The molecule has 1 aromatic carbocycles. The van der Waals surface area contributed by atoms with Crippen LogP contribution >= 0.6 is 24.0 Å². The number of amides is 1. The summed E-state index contributed by atoms with van der Waals surface area (Å²) in [4.78, 5) is 17.9. The van der Waals surface area contributed by atoms with Gasteiger partial charge in [0.1, 0.15) is 5.75 Å². The molecule has 0 radical (unpaired) electrons. The topological polar surface area (TPSA) is 66.0 Å². The van der Waals surface area contributed by atoms with Gasteiger partial charge in [-0.25, -0.2) is 0 Å². The molecule has 0 aliphatic carbocycles. The molecule has 1 heterocycles. The normalized spacial score (nSPS) is 15.5. The van der Waals surface area contributed by atoms with Crippen LogP contribution < -0.4 is 15.4 Å². The molecule has 6 nitrogen and oxygen atoms in total. The van der Waals surface area contributed by atoms with E-state index in [4.69, 9.17) is 4.74 Å². The molecule has 1 aliphatic heterocycles. The number of nitrogens with zero attached hydrogens (tertiary/aromatic N) is 2. The largest absolute Gasteiger partial charge is 0.484 e. The number of para-hydroxylation sites is 1. The number of alkyl halides is 3. The van der Waals surface area contributed by atoms with Crippen LogP contribution in [0.1, 0.15) is 24.8 Å². The summed E-state index contributed by atoms with van der Waals surface area (Å²) in [5.74, 6) is 1.29. The molecule has 0 saturated carbocycles. The van der Waals surface area contributed by atoms with Crippen molar-refractivity contribution >= 4 is 35.8 Å². The van der Waals surface area contributed by atoms with Crippen LogP contribution in [0.25, 0.3) is 0 Å². The van der Waals surface area contributed by atoms with E-state index in [-0.39, 0.29) is 35.6 Å². The average molecular weight is 528 g/mol. The minimum atomic E-state index is -4.38. The standard InChI is InChI=1S/C19H27F3N4O2.HI/c1-23-17(27)11-14-7-9-26(10-8-14)18(24-2)25-12-15-5-3-4-6-16(15)28-13-19(20,21)22;/h3-6,14H,7-13H2,1-2H3,(H,23,27)(H,24,25);1H. The van der Waals surface area contributed by atoms with E-state index in [1.807, 2.05) is 0 Å². The second-order valence-electron chi connectivity index (χ2n) is 6.72. The van der Waals surface area contributed by atoms with Crippen molar-refractivity contribution in [2.45, 2.75) is 32.0 Å². The lowest BCUT2D eigenvalue weighted by Crippen LogP contribution is -2.45. The molecular weight excluding hydrogens is 500 g/mol. The predicted octanol–water partition coefficient (Wildman–Crippen LogP) is 3.17. The van der Waals surface area contributed by atoms with Crippen LogP contribution in [-0.4, -0.2) is 56.7 Å². The first-order valence-corrected chi connectivity index (χ1v) is 9.26. The number of hydrogen-bond acceptors (Lipinski definition) is 3. The van der Waals surface area contributed by atoms with Crippen molar-refractivity contribution in [3.8, 4) is 5.75 Å². The number of halogens is 4. The Bertz CT molecular complexity index is 678. The fraction of sp³-hybridized carbons (Fsp3) is 0.579. The number of piperidine rings is 1. The molecule has 0 unspecified atom stereocenters. The number of hydrogen-bond donors (Lipinski definition) is 2. The fourth-order valence-corrected chi connectivity index (χ4v) is 3.17. The van der Waals surface area contributed by atoms with Gasteiger partial charge in [-0.3, -0.25) is 9.79 Å². The van der Waals surface area contributed by atoms with Gasteiger partial charge in [0.05, 0.1) is 0 Å². The number of carbonyl (C=O) groups is 1. The van der Waals surface area contributed by atoms with Crippen LogP contribution in [0.4, 0.5) is 13.2 Å². The van der Waals surface area contributed by atoms with E-state index in [2.05, 4.69) is 20.5 Å². The lowest BCUT2D eigenvalue weighted by Gasteiger charge is -2.34. The summed E-state index contributed by atoms with van der Waals surface area (Å²) in [5, 5.41) is 5.85. The summed E-state index contributed by atoms with van der Waals surface area (Å²) in [6.45, 7) is 0.525. The van der Waals surface area contributed by atoms with Gasteiger partial charge in [-0.05, 0) is 24.8 Å². The number of ether oxygens (including phenoxy) is 1. The molecule has 164 valence electrons. The summed E-state index contributed by atoms with van der Waals surface area (Å²) in [5.41, 5.74) is 0.627. The predicted molar refractivity (Wildman–Crippen MR) is 117 cm³/mol. The maximum Gasteiger partial charge on any atom is 0.422 e. The Kier molecular flexibility index (Phi) is 10.5. The van der Waals surface area contributed by atoms with Crippen LogP contribution in [0.3, 0.4) is 0 Å². The Balaban J connectivity index is 0.00000420. The second-order valence-corrected chi connectivity index (χ2v) is 6.72. The summed E-state index contributed by atoms with van der Waals surface area (Å²) in [6.07, 6.45) is -2.07. The molecule has 1 aromatic rings. The average Bonchev–Trinajstić information content (AvgIpc) is 2.68. The van der Waals surface area contributed by atoms with E-state index in [9.17, 15) is 18.0 Å². The molecule has 0 aromatic heterocycles. The highest BCUT2D eigenvalue weighted by atomic mass is 127.